The van der Waals surface area contributed by atoms with E-state index in [2.05, 4.69) is 98.8 Å². The molecule has 6 rings (SSSR count). The minimum Gasteiger partial charge on any atom is -0.482 e. The molecule has 4 aromatic rings. The van der Waals surface area contributed by atoms with Crippen LogP contribution in [0.1, 0.15) is 36.1 Å². The molecule has 2 aliphatic heterocycles. The molecular weight excluding hydrogens is 368 g/mol. The maximum absolute atomic E-state index is 6.74. The fourth-order valence-corrected chi connectivity index (χ4v) is 5.19. The van der Waals surface area contributed by atoms with E-state index in [0.717, 1.165) is 35.1 Å². The third-order valence-electron chi connectivity index (χ3n) is 6.78. The molecule has 0 radical (unpaired) electrons. The zero-order chi connectivity index (χ0) is 20.3. The molecule has 4 aromatic carbocycles. The second kappa shape index (κ2) is 6.12. The van der Waals surface area contributed by atoms with Gasteiger partial charge in [-0.2, -0.15) is 0 Å². The lowest BCUT2D eigenvalue weighted by atomic mass is 9.85. The van der Waals surface area contributed by atoms with Crippen molar-refractivity contribution in [2.45, 2.75) is 37.9 Å². The third kappa shape index (κ3) is 2.43. The Kier molecular flexibility index (Phi) is 3.59. The Morgan fingerprint density at radius 1 is 0.533 bits per heavy atom. The van der Waals surface area contributed by atoms with Gasteiger partial charge in [0.2, 0.25) is 0 Å². The standard InChI is InChI=1S/C28H24O2/c1-27(19-11-5-3-6-12-19)17-23-24-18-28(2,20-13-7-4-8-14-20)30-26(24)22-16-10-9-15-21(22)25(23)29-27/h3-16H,17-18H2,1-2H3/t27-,28+. The molecule has 2 nitrogen and oxygen atoms in total. The van der Waals surface area contributed by atoms with Gasteiger partial charge in [-0.15, -0.1) is 0 Å². The van der Waals surface area contributed by atoms with Crippen LogP contribution in [0.3, 0.4) is 0 Å². The van der Waals surface area contributed by atoms with Crippen molar-refractivity contribution in [3.8, 4) is 11.5 Å². The Balaban J connectivity index is 1.54. The fourth-order valence-electron chi connectivity index (χ4n) is 5.19. The Labute approximate surface area is 177 Å². The summed E-state index contributed by atoms with van der Waals surface area (Å²) in [5, 5.41) is 2.28. The molecular formula is C28H24O2. The smallest absolute Gasteiger partial charge is 0.135 e. The van der Waals surface area contributed by atoms with Crippen molar-refractivity contribution < 1.29 is 9.47 Å². The molecule has 0 aromatic heterocycles. The summed E-state index contributed by atoms with van der Waals surface area (Å²) in [6, 6.07) is 29.6. The van der Waals surface area contributed by atoms with E-state index >= 15 is 0 Å². The van der Waals surface area contributed by atoms with Gasteiger partial charge in [-0.1, -0.05) is 84.9 Å². The number of hydrogen-bond donors (Lipinski definition) is 0. The van der Waals surface area contributed by atoms with Crippen molar-refractivity contribution >= 4 is 10.8 Å². The number of ether oxygens (including phenoxy) is 2. The Bertz CT molecular complexity index is 1160. The van der Waals surface area contributed by atoms with Crippen molar-refractivity contribution in [1.29, 1.82) is 0 Å². The van der Waals surface area contributed by atoms with E-state index in [9.17, 15) is 0 Å². The van der Waals surface area contributed by atoms with Crippen molar-refractivity contribution in [2.75, 3.05) is 0 Å². The highest BCUT2D eigenvalue weighted by molar-refractivity contribution is 5.97. The van der Waals surface area contributed by atoms with Gasteiger partial charge >= 0.3 is 0 Å². The second-order valence-electron chi connectivity index (χ2n) is 8.91. The Morgan fingerprint density at radius 3 is 1.30 bits per heavy atom. The molecule has 0 saturated carbocycles. The molecule has 2 heteroatoms. The lowest BCUT2D eigenvalue weighted by Crippen LogP contribution is -2.28. The fraction of sp³-hybridized carbons (Fsp3) is 0.214. The average molecular weight is 392 g/mol. The molecule has 0 spiro atoms. The minimum absolute atomic E-state index is 0.368. The highest BCUT2D eigenvalue weighted by Gasteiger charge is 2.45. The highest BCUT2D eigenvalue weighted by atomic mass is 16.5. The van der Waals surface area contributed by atoms with Crippen LogP contribution in [0.2, 0.25) is 0 Å². The largest absolute Gasteiger partial charge is 0.482 e. The summed E-state index contributed by atoms with van der Waals surface area (Å²) in [6.07, 6.45) is 1.71. The van der Waals surface area contributed by atoms with Gasteiger partial charge < -0.3 is 9.47 Å². The first-order valence-corrected chi connectivity index (χ1v) is 10.6. The second-order valence-corrected chi connectivity index (χ2v) is 8.91. The summed E-state index contributed by atoms with van der Waals surface area (Å²) in [7, 11) is 0. The number of rotatable bonds is 2. The molecule has 2 aliphatic rings. The topological polar surface area (TPSA) is 18.5 Å². The molecule has 2 atom stereocenters. The van der Waals surface area contributed by atoms with Gasteiger partial charge in [-0.05, 0) is 25.0 Å². The van der Waals surface area contributed by atoms with E-state index in [1.165, 1.54) is 22.3 Å². The lowest BCUT2D eigenvalue weighted by Gasteiger charge is -2.25. The molecule has 0 bridgehead atoms. The number of benzene rings is 4. The van der Waals surface area contributed by atoms with Gasteiger partial charge in [0.05, 0.1) is 0 Å². The summed E-state index contributed by atoms with van der Waals surface area (Å²) < 4.78 is 13.5. The van der Waals surface area contributed by atoms with Crippen LogP contribution >= 0.6 is 0 Å². The van der Waals surface area contributed by atoms with Crippen LogP contribution < -0.4 is 9.47 Å². The van der Waals surface area contributed by atoms with E-state index in [0.29, 0.717) is 0 Å². The van der Waals surface area contributed by atoms with Crippen LogP contribution in [0.25, 0.3) is 10.8 Å². The predicted molar refractivity (Wildman–Crippen MR) is 120 cm³/mol. The first-order chi connectivity index (χ1) is 14.6. The summed E-state index contributed by atoms with van der Waals surface area (Å²) in [4.78, 5) is 0. The van der Waals surface area contributed by atoms with Crippen molar-refractivity contribution in [3.63, 3.8) is 0 Å². The first-order valence-electron chi connectivity index (χ1n) is 10.6. The molecule has 0 aliphatic carbocycles. The molecule has 148 valence electrons. The van der Waals surface area contributed by atoms with E-state index in [4.69, 9.17) is 9.47 Å². The van der Waals surface area contributed by atoms with Crippen molar-refractivity contribution in [3.05, 3.63) is 107 Å². The number of hydrogen-bond acceptors (Lipinski definition) is 2. The average Bonchev–Trinajstić information content (AvgIpc) is 3.34. The van der Waals surface area contributed by atoms with Crippen molar-refractivity contribution in [1.82, 2.24) is 0 Å². The van der Waals surface area contributed by atoms with Gasteiger partial charge in [0.15, 0.2) is 0 Å². The summed E-state index contributed by atoms with van der Waals surface area (Å²) in [6.45, 7) is 4.41. The predicted octanol–water partition coefficient (Wildman–Crippen LogP) is 6.54. The normalized spacial score (nSPS) is 24.2. The van der Waals surface area contributed by atoms with Gasteiger partial charge in [0.1, 0.15) is 22.7 Å². The van der Waals surface area contributed by atoms with Gasteiger partial charge in [-0.25, -0.2) is 0 Å². The van der Waals surface area contributed by atoms with E-state index in [1.807, 2.05) is 0 Å². The van der Waals surface area contributed by atoms with Crippen LogP contribution in [-0.2, 0) is 24.0 Å². The van der Waals surface area contributed by atoms with Gasteiger partial charge in [0, 0.05) is 34.7 Å². The van der Waals surface area contributed by atoms with Crippen LogP contribution in [0.4, 0.5) is 0 Å². The van der Waals surface area contributed by atoms with E-state index in [-0.39, 0.29) is 11.2 Å². The monoisotopic (exact) mass is 392 g/mol. The minimum atomic E-state index is -0.368. The SMILES string of the molecule is C[C@]1(c2ccccc2)Cc2c3c(c4ccccc4c2O1)O[C@](C)(c1ccccc1)C3. The summed E-state index contributed by atoms with van der Waals surface area (Å²) in [5.74, 6) is 2.05. The molecule has 0 amide bonds. The van der Waals surface area contributed by atoms with Crippen LogP contribution in [0.15, 0.2) is 84.9 Å². The Hall–Kier alpha value is -3.26. The molecule has 30 heavy (non-hydrogen) atoms. The maximum Gasteiger partial charge on any atom is 0.135 e. The first kappa shape index (κ1) is 17.6. The molecule has 2 heterocycles. The summed E-state index contributed by atoms with van der Waals surface area (Å²) in [5.41, 5.74) is 4.29. The number of fused-ring (bicyclic) bond motifs is 6. The molecule has 0 fully saturated rings. The molecule has 0 N–H and O–H groups in total. The zero-order valence-corrected chi connectivity index (χ0v) is 17.3. The van der Waals surface area contributed by atoms with Crippen LogP contribution in [-0.4, -0.2) is 0 Å². The van der Waals surface area contributed by atoms with E-state index in [1.54, 1.807) is 0 Å². The molecule has 0 saturated heterocycles. The lowest BCUT2D eigenvalue weighted by molar-refractivity contribution is 0.115. The zero-order valence-electron chi connectivity index (χ0n) is 17.3. The Morgan fingerprint density at radius 2 is 0.900 bits per heavy atom. The van der Waals surface area contributed by atoms with Gasteiger partial charge in [-0.3, -0.25) is 0 Å². The highest BCUT2D eigenvalue weighted by Crippen LogP contribution is 2.55. The van der Waals surface area contributed by atoms with Gasteiger partial charge in [0.25, 0.3) is 0 Å². The van der Waals surface area contributed by atoms with Crippen LogP contribution in [0, 0.1) is 0 Å². The van der Waals surface area contributed by atoms with E-state index < -0.39 is 0 Å². The van der Waals surface area contributed by atoms with Crippen molar-refractivity contribution in [2.24, 2.45) is 0 Å². The van der Waals surface area contributed by atoms with Crippen LogP contribution in [0.5, 0.6) is 11.5 Å². The summed E-state index contributed by atoms with van der Waals surface area (Å²) >= 11 is 0. The third-order valence-corrected chi connectivity index (χ3v) is 6.78. The quantitative estimate of drug-likeness (QED) is 0.386. The maximum atomic E-state index is 6.74. The molecule has 0 unspecified atom stereocenters.